The Morgan fingerprint density at radius 1 is 1.24 bits per heavy atom. The molecular formula is C19H16ClN3O2. The van der Waals surface area contributed by atoms with Crippen LogP contribution in [0.25, 0.3) is 10.9 Å². The number of aromatic amines is 1. The van der Waals surface area contributed by atoms with Crippen molar-refractivity contribution in [1.82, 2.24) is 4.98 Å². The number of methoxy groups -OCH3 is 1. The van der Waals surface area contributed by atoms with Gasteiger partial charge >= 0.3 is 0 Å². The lowest BCUT2D eigenvalue weighted by atomic mass is 10.1. The smallest absolute Gasteiger partial charge is 0.253 e. The molecule has 126 valence electrons. The highest BCUT2D eigenvalue weighted by Gasteiger charge is 2.13. The Bertz CT molecular complexity index is 1040. The highest BCUT2D eigenvalue weighted by molar-refractivity contribution is 6.31. The van der Waals surface area contributed by atoms with Crippen molar-refractivity contribution >= 4 is 28.2 Å². The zero-order valence-electron chi connectivity index (χ0n) is 13.8. The monoisotopic (exact) mass is 353 g/mol. The molecule has 1 heterocycles. The van der Waals surface area contributed by atoms with Crippen molar-refractivity contribution in [3.05, 3.63) is 69.0 Å². The molecule has 0 fully saturated rings. The number of nitrogens with zero attached hydrogens (tertiary/aromatic N) is 1. The first-order valence-electron chi connectivity index (χ1n) is 7.69. The van der Waals surface area contributed by atoms with Crippen LogP contribution in [0.1, 0.15) is 24.1 Å². The molecule has 0 spiro atoms. The lowest BCUT2D eigenvalue weighted by Crippen LogP contribution is -2.19. The molecular weight excluding hydrogens is 338 g/mol. The van der Waals surface area contributed by atoms with E-state index in [1.165, 1.54) is 7.11 Å². The predicted molar refractivity (Wildman–Crippen MR) is 99.3 cm³/mol. The Morgan fingerprint density at radius 2 is 2.04 bits per heavy atom. The van der Waals surface area contributed by atoms with Crippen LogP contribution in [0.5, 0.6) is 5.75 Å². The van der Waals surface area contributed by atoms with Crippen LogP contribution >= 0.6 is 11.6 Å². The van der Waals surface area contributed by atoms with Crippen molar-refractivity contribution in [2.75, 3.05) is 12.4 Å². The molecule has 6 heteroatoms. The van der Waals surface area contributed by atoms with Gasteiger partial charge in [-0.25, -0.2) is 0 Å². The molecule has 3 aromatic rings. The average Bonchev–Trinajstić information content (AvgIpc) is 2.61. The predicted octanol–water partition coefficient (Wildman–Crippen LogP) is 4.23. The molecule has 0 saturated carbocycles. The Morgan fingerprint density at radius 3 is 2.76 bits per heavy atom. The minimum absolute atomic E-state index is 0.157. The number of fused-ring (bicyclic) bond motifs is 1. The number of aromatic nitrogens is 1. The summed E-state index contributed by atoms with van der Waals surface area (Å²) in [6, 6.07) is 14.2. The molecule has 0 aliphatic heterocycles. The number of nitrogens with one attached hydrogen (secondary N) is 2. The van der Waals surface area contributed by atoms with Gasteiger partial charge in [0, 0.05) is 33.2 Å². The first-order valence-corrected chi connectivity index (χ1v) is 8.07. The highest BCUT2D eigenvalue weighted by Crippen LogP contribution is 2.26. The molecule has 0 radical (unpaired) electrons. The van der Waals surface area contributed by atoms with E-state index in [9.17, 15) is 4.79 Å². The molecule has 0 saturated heterocycles. The van der Waals surface area contributed by atoms with Gasteiger partial charge in [-0.15, -0.1) is 0 Å². The quantitative estimate of drug-likeness (QED) is 0.735. The highest BCUT2D eigenvalue weighted by atomic mass is 35.5. The fourth-order valence-electron chi connectivity index (χ4n) is 2.72. The van der Waals surface area contributed by atoms with Crippen molar-refractivity contribution in [3.8, 4) is 11.8 Å². The van der Waals surface area contributed by atoms with Crippen LogP contribution < -0.4 is 15.6 Å². The average molecular weight is 354 g/mol. The molecule has 1 atom stereocenters. The summed E-state index contributed by atoms with van der Waals surface area (Å²) in [5.41, 5.74) is 2.40. The van der Waals surface area contributed by atoms with Crippen LogP contribution in [0.3, 0.4) is 0 Å². The number of ether oxygens (including phenoxy) is 1. The number of anilines is 1. The third-order valence-corrected chi connectivity index (χ3v) is 4.24. The largest absolute Gasteiger partial charge is 0.495 e. The zero-order chi connectivity index (χ0) is 18.0. The standard InChI is InChI=1S/C19H16ClN3O2/c1-11(22-15-5-3-12(10-21)18(9-15)25-2)16-8-13-7-14(20)4-6-17(13)23-19(16)24/h3-9,11,22H,1-2H3,(H,23,24)/t11-/m1/s1. The summed E-state index contributed by atoms with van der Waals surface area (Å²) in [6.07, 6.45) is 0. The van der Waals surface area contributed by atoms with Crippen LogP contribution in [0, 0.1) is 11.3 Å². The van der Waals surface area contributed by atoms with E-state index >= 15 is 0 Å². The van der Waals surface area contributed by atoms with Crippen LogP contribution in [-0.2, 0) is 0 Å². The normalized spacial score (nSPS) is 11.8. The first-order chi connectivity index (χ1) is 12.0. The number of pyridine rings is 1. The van der Waals surface area contributed by atoms with Crippen molar-refractivity contribution in [1.29, 1.82) is 5.26 Å². The minimum atomic E-state index is -0.246. The molecule has 0 aliphatic rings. The lowest BCUT2D eigenvalue weighted by molar-refractivity contribution is 0.413. The summed E-state index contributed by atoms with van der Waals surface area (Å²) < 4.78 is 5.21. The molecule has 1 aromatic heterocycles. The van der Waals surface area contributed by atoms with Gasteiger partial charge in [-0.05, 0) is 43.3 Å². The van der Waals surface area contributed by atoms with Crippen LogP contribution in [-0.4, -0.2) is 12.1 Å². The molecule has 0 unspecified atom stereocenters. The van der Waals surface area contributed by atoms with Crippen LogP contribution in [0.4, 0.5) is 5.69 Å². The summed E-state index contributed by atoms with van der Waals surface area (Å²) in [6.45, 7) is 1.89. The second-order valence-corrected chi connectivity index (χ2v) is 6.11. The Balaban J connectivity index is 1.94. The number of nitriles is 1. The van der Waals surface area contributed by atoms with Gasteiger partial charge in [-0.3, -0.25) is 4.79 Å². The molecule has 0 amide bonds. The van der Waals surface area contributed by atoms with E-state index in [2.05, 4.69) is 16.4 Å². The minimum Gasteiger partial charge on any atom is -0.495 e. The van der Waals surface area contributed by atoms with Gasteiger partial charge in [0.2, 0.25) is 0 Å². The Labute approximate surface area is 149 Å². The molecule has 5 nitrogen and oxygen atoms in total. The molecule has 2 aromatic carbocycles. The lowest BCUT2D eigenvalue weighted by Gasteiger charge is -2.16. The molecule has 3 rings (SSSR count). The van der Waals surface area contributed by atoms with E-state index in [0.29, 0.717) is 21.9 Å². The van der Waals surface area contributed by atoms with Gasteiger partial charge in [0.1, 0.15) is 11.8 Å². The molecule has 0 aliphatic carbocycles. The number of halogens is 1. The summed E-state index contributed by atoms with van der Waals surface area (Å²) >= 11 is 6.03. The first kappa shape index (κ1) is 16.9. The Kier molecular flexibility index (Phi) is 4.64. The van der Waals surface area contributed by atoms with Crippen LogP contribution in [0.2, 0.25) is 5.02 Å². The van der Waals surface area contributed by atoms with Crippen LogP contribution in [0.15, 0.2) is 47.3 Å². The van der Waals surface area contributed by atoms with Gasteiger partial charge in [0.05, 0.1) is 18.7 Å². The van der Waals surface area contributed by atoms with Gasteiger partial charge in [0.15, 0.2) is 0 Å². The maximum Gasteiger partial charge on any atom is 0.253 e. The summed E-state index contributed by atoms with van der Waals surface area (Å²) in [5.74, 6) is 0.485. The van der Waals surface area contributed by atoms with E-state index in [0.717, 1.165) is 16.6 Å². The van der Waals surface area contributed by atoms with Crippen molar-refractivity contribution in [2.45, 2.75) is 13.0 Å². The van der Waals surface area contributed by atoms with Crippen molar-refractivity contribution < 1.29 is 4.74 Å². The summed E-state index contributed by atoms with van der Waals surface area (Å²) in [7, 11) is 1.52. The van der Waals surface area contributed by atoms with E-state index in [1.807, 2.05) is 19.1 Å². The molecule has 2 N–H and O–H groups in total. The Hall–Kier alpha value is -2.97. The second kappa shape index (κ2) is 6.88. The van der Waals surface area contributed by atoms with Gasteiger partial charge in [-0.2, -0.15) is 5.26 Å². The SMILES string of the molecule is COc1cc(N[C@H](C)c2cc3cc(Cl)ccc3[nH]c2=O)ccc1C#N. The number of benzene rings is 2. The number of H-pyrrole nitrogens is 1. The van der Waals surface area contributed by atoms with E-state index in [1.54, 1.807) is 30.3 Å². The van der Waals surface area contributed by atoms with Crippen molar-refractivity contribution in [2.24, 2.45) is 0 Å². The number of rotatable bonds is 4. The summed E-state index contributed by atoms with van der Waals surface area (Å²) in [5, 5.41) is 13.8. The topological polar surface area (TPSA) is 77.9 Å². The van der Waals surface area contributed by atoms with E-state index in [-0.39, 0.29) is 11.6 Å². The number of hydrogen-bond donors (Lipinski definition) is 2. The van der Waals surface area contributed by atoms with Gasteiger partial charge in [0.25, 0.3) is 5.56 Å². The zero-order valence-corrected chi connectivity index (χ0v) is 14.5. The van der Waals surface area contributed by atoms with Gasteiger partial charge in [-0.1, -0.05) is 11.6 Å². The van der Waals surface area contributed by atoms with Gasteiger partial charge < -0.3 is 15.0 Å². The maximum atomic E-state index is 12.4. The molecule has 25 heavy (non-hydrogen) atoms. The summed E-state index contributed by atoms with van der Waals surface area (Å²) in [4.78, 5) is 15.2. The fraction of sp³-hybridized carbons (Fsp3) is 0.158. The maximum absolute atomic E-state index is 12.4. The molecule has 0 bridgehead atoms. The third kappa shape index (κ3) is 3.44. The number of hydrogen-bond acceptors (Lipinski definition) is 4. The van der Waals surface area contributed by atoms with E-state index in [4.69, 9.17) is 21.6 Å². The van der Waals surface area contributed by atoms with E-state index < -0.39 is 0 Å². The van der Waals surface area contributed by atoms with Crippen molar-refractivity contribution in [3.63, 3.8) is 0 Å². The fourth-order valence-corrected chi connectivity index (χ4v) is 2.90. The second-order valence-electron chi connectivity index (χ2n) is 5.68. The third-order valence-electron chi connectivity index (χ3n) is 4.01.